The van der Waals surface area contributed by atoms with Gasteiger partial charge in [0.1, 0.15) is 4.88 Å². The van der Waals surface area contributed by atoms with Gasteiger partial charge in [0.05, 0.1) is 11.4 Å². The molecule has 4 N–H and O–H groups in total. The highest BCUT2D eigenvalue weighted by Gasteiger charge is 2.17. The number of nitrogens with two attached hydrogens (primary N) is 1. The molecule has 0 saturated heterocycles. The molecule has 1 heterocycles. The Bertz CT molecular complexity index is 668. The molecule has 7 nitrogen and oxygen atoms in total. The molecule has 0 radical (unpaired) electrons. The van der Waals surface area contributed by atoms with Gasteiger partial charge in [0.25, 0.3) is 5.91 Å². The highest BCUT2D eigenvalue weighted by Crippen LogP contribution is 2.19. The van der Waals surface area contributed by atoms with Gasteiger partial charge in [0.15, 0.2) is 5.84 Å². The van der Waals surface area contributed by atoms with Crippen LogP contribution in [0.4, 0.5) is 5.69 Å². The van der Waals surface area contributed by atoms with Crippen LogP contribution in [0.3, 0.4) is 0 Å². The van der Waals surface area contributed by atoms with Crippen LogP contribution in [-0.2, 0) is 6.42 Å². The zero-order chi connectivity index (χ0) is 15.2. The summed E-state index contributed by atoms with van der Waals surface area (Å²) in [5.74, 6) is -0.367. The molecule has 8 heteroatoms. The van der Waals surface area contributed by atoms with E-state index in [2.05, 4.69) is 20.1 Å². The molecule has 21 heavy (non-hydrogen) atoms. The summed E-state index contributed by atoms with van der Waals surface area (Å²) < 4.78 is 3.82. The Morgan fingerprint density at radius 3 is 2.95 bits per heavy atom. The number of amides is 1. The van der Waals surface area contributed by atoms with E-state index in [1.807, 2.05) is 6.92 Å². The number of rotatable bonds is 5. The van der Waals surface area contributed by atoms with Crippen molar-refractivity contribution < 1.29 is 10.0 Å². The fraction of sp³-hybridized carbons (Fsp3) is 0.231. The Balaban J connectivity index is 2.26. The van der Waals surface area contributed by atoms with Gasteiger partial charge in [-0.25, -0.2) is 0 Å². The molecule has 2 aromatic rings. The van der Waals surface area contributed by atoms with Crippen LogP contribution in [-0.4, -0.2) is 26.5 Å². The first-order valence-corrected chi connectivity index (χ1v) is 7.14. The highest BCUT2D eigenvalue weighted by atomic mass is 32.1. The maximum atomic E-state index is 12.3. The van der Waals surface area contributed by atoms with Crippen molar-refractivity contribution in [3.05, 3.63) is 40.4 Å². The number of benzene rings is 1. The number of nitrogens with zero attached hydrogens (tertiary/aromatic N) is 3. The van der Waals surface area contributed by atoms with Crippen molar-refractivity contribution in [2.45, 2.75) is 19.8 Å². The number of amidine groups is 1. The Morgan fingerprint density at radius 2 is 2.24 bits per heavy atom. The summed E-state index contributed by atoms with van der Waals surface area (Å²) in [7, 11) is 0. The SMILES string of the molecule is CCCc1nnsc1C(=O)Nc1ccccc1C(N)=NO. The third kappa shape index (κ3) is 3.34. The van der Waals surface area contributed by atoms with Crippen molar-refractivity contribution in [2.75, 3.05) is 5.32 Å². The number of oxime groups is 1. The summed E-state index contributed by atoms with van der Waals surface area (Å²) in [5, 5.41) is 18.4. The molecular formula is C13H15N5O2S. The predicted octanol–water partition coefficient (Wildman–Crippen LogP) is 1.84. The zero-order valence-corrected chi connectivity index (χ0v) is 12.2. The summed E-state index contributed by atoms with van der Waals surface area (Å²) in [6.07, 6.45) is 1.58. The molecule has 1 amide bonds. The van der Waals surface area contributed by atoms with Crippen LogP contribution in [0, 0.1) is 0 Å². The minimum Gasteiger partial charge on any atom is -0.409 e. The van der Waals surface area contributed by atoms with E-state index < -0.39 is 0 Å². The van der Waals surface area contributed by atoms with E-state index in [4.69, 9.17) is 10.9 Å². The lowest BCUT2D eigenvalue weighted by Crippen LogP contribution is -2.19. The first kappa shape index (κ1) is 14.9. The molecule has 110 valence electrons. The smallest absolute Gasteiger partial charge is 0.269 e. The van der Waals surface area contributed by atoms with Gasteiger partial charge in [-0.1, -0.05) is 35.1 Å². The van der Waals surface area contributed by atoms with E-state index >= 15 is 0 Å². The van der Waals surface area contributed by atoms with Crippen LogP contribution in [0.15, 0.2) is 29.4 Å². The minimum atomic E-state index is -0.299. The van der Waals surface area contributed by atoms with Crippen molar-refractivity contribution >= 4 is 29.0 Å². The quantitative estimate of drug-likeness (QED) is 0.337. The second-order valence-corrected chi connectivity index (χ2v) is 5.04. The molecule has 0 bridgehead atoms. The fourth-order valence-corrected chi connectivity index (χ4v) is 2.43. The Morgan fingerprint density at radius 1 is 1.48 bits per heavy atom. The number of anilines is 1. The number of carbonyl (C=O) groups is 1. The van der Waals surface area contributed by atoms with Crippen LogP contribution in [0.25, 0.3) is 0 Å². The third-order valence-corrected chi connectivity index (χ3v) is 3.57. The van der Waals surface area contributed by atoms with Gasteiger partial charge in [-0.15, -0.1) is 5.10 Å². The number of carbonyl (C=O) groups excluding carboxylic acids is 1. The maximum Gasteiger partial charge on any atom is 0.269 e. The summed E-state index contributed by atoms with van der Waals surface area (Å²) in [6.45, 7) is 2.01. The molecule has 0 fully saturated rings. The molecule has 0 atom stereocenters. The summed E-state index contributed by atoms with van der Waals surface area (Å²) >= 11 is 1.05. The zero-order valence-electron chi connectivity index (χ0n) is 11.4. The first-order chi connectivity index (χ1) is 10.2. The number of aromatic nitrogens is 2. The fourth-order valence-electron chi connectivity index (χ4n) is 1.83. The first-order valence-electron chi connectivity index (χ1n) is 6.36. The molecule has 1 aromatic carbocycles. The van der Waals surface area contributed by atoms with E-state index in [0.717, 1.165) is 18.0 Å². The van der Waals surface area contributed by atoms with Crippen molar-refractivity contribution in [2.24, 2.45) is 10.9 Å². The van der Waals surface area contributed by atoms with E-state index in [-0.39, 0.29) is 11.7 Å². The third-order valence-electron chi connectivity index (χ3n) is 2.81. The molecule has 0 saturated carbocycles. The standard InChI is InChI=1S/C13H15N5O2S/c1-2-5-10-11(21-18-16-10)13(19)15-9-7-4-3-6-8(9)12(14)17-20/h3-4,6-7,20H,2,5H2,1H3,(H2,14,17)(H,15,19). The topological polar surface area (TPSA) is 113 Å². The number of hydrogen-bond acceptors (Lipinski definition) is 6. The van der Waals surface area contributed by atoms with Crippen molar-refractivity contribution in [1.29, 1.82) is 0 Å². The second-order valence-electron chi connectivity index (χ2n) is 4.28. The van der Waals surface area contributed by atoms with Gasteiger partial charge >= 0.3 is 0 Å². The normalized spacial score (nSPS) is 11.4. The van der Waals surface area contributed by atoms with E-state index in [0.29, 0.717) is 28.2 Å². The van der Waals surface area contributed by atoms with Gasteiger partial charge in [0.2, 0.25) is 0 Å². The van der Waals surface area contributed by atoms with Gasteiger partial charge in [-0.3, -0.25) is 4.79 Å². The largest absolute Gasteiger partial charge is 0.409 e. The van der Waals surface area contributed by atoms with Crippen molar-refractivity contribution in [1.82, 2.24) is 9.59 Å². The number of nitrogens with one attached hydrogen (secondary N) is 1. The number of hydrogen-bond donors (Lipinski definition) is 3. The van der Waals surface area contributed by atoms with Gasteiger partial charge in [-0.05, 0) is 30.1 Å². The second kappa shape index (κ2) is 6.80. The average molecular weight is 305 g/mol. The van der Waals surface area contributed by atoms with E-state index in [1.165, 1.54) is 0 Å². The minimum absolute atomic E-state index is 0.0675. The number of para-hydroxylation sites is 1. The average Bonchev–Trinajstić information content (AvgIpc) is 2.96. The summed E-state index contributed by atoms with van der Waals surface area (Å²) in [6, 6.07) is 6.82. The molecular weight excluding hydrogens is 290 g/mol. The Hall–Kier alpha value is -2.48. The van der Waals surface area contributed by atoms with Crippen molar-refractivity contribution in [3.63, 3.8) is 0 Å². The van der Waals surface area contributed by atoms with E-state index in [9.17, 15) is 4.79 Å². The van der Waals surface area contributed by atoms with Gasteiger partial charge in [-0.2, -0.15) is 0 Å². The monoisotopic (exact) mass is 305 g/mol. The highest BCUT2D eigenvalue weighted by molar-refractivity contribution is 7.08. The molecule has 0 aliphatic heterocycles. The van der Waals surface area contributed by atoms with Crippen molar-refractivity contribution in [3.8, 4) is 0 Å². The molecule has 1 aromatic heterocycles. The Labute approximate surface area is 125 Å². The molecule has 2 rings (SSSR count). The van der Waals surface area contributed by atoms with Crippen LogP contribution < -0.4 is 11.1 Å². The van der Waals surface area contributed by atoms with Crippen LogP contribution in [0.5, 0.6) is 0 Å². The maximum absolute atomic E-state index is 12.3. The lowest BCUT2D eigenvalue weighted by Gasteiger charge is -2.09. The number of aryl methyl sites for hydroxylation is 1. The van der Waals surface area contributed by atoms with E-state index in [1.54, 1.807) is 24.3 Å². The molecule has 0 spiro atoms. The van der Waals surface area contributed by atoms with Gasteiger partial charge in [0, 0.05) is 5.56 Å². The van der Waals surface area contributed by atoms with Gasteiger partial charge < -0.3 is 16.3 Å². The van der Waals surface area contributed by atoms with Crippen LogP contribution in [0.2, 0.25) is 0 Å². The molecule has 0 aliphatic rings. The van der Waals surface area contributed by atoms with Crippen LogP contribution >= 0.6 is 11.5 Å². The summed E-state index contributed by atoms with van der Waals surface area (Å²) in [4.78, 5) is 12.8. The Kier molecular flexibility index (Phi) is 4.83. The summed E-state index contributed by atoms with van der Waals surface area (Å²) in [5.41, 5.74) is 7.19. The lowest BCUT2D eigenvalue weighted by molar-refractivity contribution is 0.102. The van der Waals surface area contributed by atoms with Crippen LogP contribution in [0.1, 0.15) is 34.3 Å². The molecule has 0 aliphatic carbocycles. The lowest BCUT2D eigenvalue weighted by atomic mass is 10.1. The predicted molar refractivity (Wildman–Crippen MR) is 80.8 cm³/mol. The molecule has 0 unspecified atom stereocenters.